The molecule has 0 atom stereocenters. The molecule has 2 aliphatic rings. The van der Waals surface area contributed by atoms with Gasteiger partial charge in [0.1, 0.15) is 0 Å². The highest BCUT2D eigenvalue weighted by Gasteiger charge is 2.32. The SMILES string of the molecule is CC(C)c1c(-c2c[nH]c3ccc(-c4ccc(N5CCN(C)CC5)cc4)cc23)nc2n(c1=O)CC(C)(C)N2. The topological polar surface area (TPSA) is 69.2 Å². The number of rotatable bonds is 4. The molecule has 6 rings (SSSR count). The summed E-state index contributed by atoms with van der Waals surface area (Å²) in [5.41, 5.74) is 7.02. The molecule has 0 saturated carbocycles. The second-order valence-electron chi connectivity index (χ2n) is 11.6. The van der Waals surface area contributed by atoms with Crippen molar-refractivity contribution in [1.82, 2.24) is 19.4 Å². The van der Waals surface area contributed by atoms with E-state index in [4.69, 9.17) is 4.98 Å². The number of benzene rings is 2. The summed E-state index contributed by atoms with van der Waals surface area (Å²) in [4.78, 5) is 26.8. The predicted octanol–water partition coefficient (Wildman–Crippen LogP) is 5.14. The highest BCUT2D eigenvalue weighted by Crippen LogP contribution is 2.36. The quantitative estimate of drug-likeness (QED) is 0.410. The summed E-state index contributed by atoms with van der Waals surface area (Å²) < 4.78 is 1.79. The fourth-order valence-electron chi connectivity index (χ4n) is 5.70. The lowest BCUT2D eigenvalue weighted by Gasteiger charge is -2.34. The Balaban J connectivity index is 1.40. The third-order valence-corrected chi connectivity index (χ3v) is 7.79. The molecule has 4 heterocycles. The van der Waals surface area contributed by atoms with Crippen molar-refractivity contribution in [2.45, 2.75) is 45.7 Å². The molecule has 7 heteroatoms. The highest BCUT2D eigenvalue weighted by molar-refractivity contribution is 5.98. The average Bonchev–Trinajstić information content (AvgIpc) is 3.43. The Kier molecular flexibility index (Phi) is 5.64. The van der Waals surface area contributed by atoms with Crippen molar-refractivity contribution in [3.8, 4) is 22.4 Å². The first-order valence-corrected chi connectivity index (χ1v) is 13.3. The fraction of sp³-hybridized carbons (Fsp3) is 0.400. The smallest absolute Gasteiger partial charge is 0.259 e. The van der Waals surface area contributed by atoms with Crippen LogP contribution >= 0.6 is 0 Å². The first kappa shape index (κ1) is 23.8. The Bertz CT molecular complexity index is 1520. The normalized spacial score (nSPS) is 17.4. The Labute approximate surface area is 218 Å². The molecule has 1 saturated heterocycles. The molecule has 37 heavy (non-hydrogen) atoms. The number of hydrogen-bond donors (Lipinski definition) is 2. The zero-order valence-corrected chi connectivity index (χ0v) is 22.4. The van der Waals surface area contributed by atoms with Crippen LogP contribution in [0.2, 0.25) is 0 Å². The Morgan fingerprint density at radius 1 is 0.973 bits per heavy atom. The van der Waals surface area contributed by atoms with E-state index in [9.17, 15) is 4.79 Å². The summed E-state index contributed by atoms with van der Waals surface area (Å²) in [6.07, 6.45) is 2.00. The van der Waals surface area contributed by atoms with Gasteiger partial charge in [0.05, 0.1) is 17.8 Å². The lowest BCUT2D eigenvalue weighted by Crippen LogP contribution is -2.44. The van der Waals surface area contributed by atoms with Gasteiger partial charge < -0.3 is 20.1 Å². The molecule has 2 aromatic carbocycles. The van der Waals surface area contributed by atoms with E-state index in [0.717, 1.165) is 59.5 Å². The summed E-state index contributed by atoms with van der Waals surface area (Å²) in [5.74, 6) is 0.714. The summed E-state index contributed by atoms with van der Waals surface area (Å²) in [5, 5.41) is 4.52. The van der Waals surface area contributed by atoms with Crippen molar-refractivity contribution in [3.63, 3.8) is 0 Å². The van der Waals surface area contributed by atoms with Gasteiger partial charge in [-0.25, -0.2) is 4.98 Å². The molecule has 4 aromatic rings. The zero-order valence-electron chi connectivity index (χ0n) is 22.4. The molecule has 192 valence electrons. The van der Waals surface area contributed by atoms with Gasteiger partial charge in [0.15, 0.2) is 0 Å². The van der Waals surface area contributed by atoms with Crippen LogP contribution in [0.3, 0.4) is 0 Å². The first-order valence-electron chi connectivity index (χ1n) is 13.3. The minimum absolute atomic E-state index is 0.0538. The van der Waals surface area contributed by atoms with Gasteiger partial charge in [-0.1, -0.05) is 32.0 Å². The van der Waals surface area contributed by atoms with Crippen molar-refractivity contribution in [1.29, 1.82) is 0 Å². The number of nitrogens with one attached hydrogen (secondary N) is 2. The fourth-order valence-corrected chi connectivity index (χ4v) is 5.70. The summed E-state index contributed by atoms with van der Waals surface area (Å²) in [6, 6.07) is 15.4. The number of likely N-dealkylation sites (N-methyl/N-ethyl adjacent to an activating group) is 1. The van der Waals surface area contributed by atoms with E-state index in [-0.39, 0.29) is 17.0 Å². The third kappa shape index (κ3) is 4.21. The van der Waals surface area contributed by atoms with Crippen molar-refractivity contribution in [2.75, 3.05) is 43.4 Å². The monoisotopic (exact) mass is 496 g/mol. The van der Waals surface area contributed by atoms with Crippen LogP contribution in [-0.4, -0.2) is 58.2 Å². The molecule has 2 N–H and O–H groups in total. The van der Waals surface area contributed by atoms with Gasteiger partial charge in [0.2, 0.25) is 5.95 Å². The van der Waals surface area contributed by atoms with Gasteiger partial charge in [-0.15, -0.1) is 0 Å². The van der Waals surface area contributed by atoms with Crippen LogP contribution in [0.15, 0.2) is 53.5 Å². The molecule has 0 spiro atoms. The number of nitrogens with zero attached hydrogens (tertiary/aromatic N) is 4. The van der Waals surface area contributed by atoms with Crippen LogP contribution in [0.5, 0.6) is 0 Å². The molecule has 0 bridgehead atoms. The minimum Gasteiger partial charge on any atom is -0.369 e. The van der Waals surface area contributed by atoms with E-state index in [1.807, 2.05) is 6.20 Å². The van der Waals surface area contributed by atoms with Gasteiger partial charge in [-0.2, -0.15) is 0 Å². The highest BCUT2D eigenvalue weighted by atomic mass is 16.1. The maximum Gasteiger partial charge on any atom is 0.259 e. The lowest BCUT2D eigenvalue weighted by atomic mass is 9.96. The van der Waals surface area contributed by atoms with Crippen LogP contribution < -0.4 is 15.8 Å². The van der Waals surface area contributed by atoms with Crippen LogP contribution in [0.1, 0.15) is 39.2 Å². The van der Waals surface area contributed by atoms with Gasteiger partial charge in [-0.05, 0) is 62.2 Å². The number of fused-ring (bicyclic) bond motifs is 2. The van der Waals surface area contributed by atoms with Crippen LogP contribution in [0.4, 0.5) is 11.6 Å². The molecule has 0 unspecified atom stereocenters. The Morgan fingerprint density at radius 3 is 2.38 bits per heavy atom. The molecule has 0 amide bonds. The predicted molar refractivity (Wildman–Crippen MR) is 153 cm³/mol. The minimum atomic E-state index is -0.199. The second-order valence-corrected chi connectivity index (χ2v) is 11.6. The largest absolute Gasteiger partial charge is 0.369 e. The van der Waals surface area contributed by atoms with E-state index >= 15 is 0 Å². The molecule has 2 aromatic heterocycles. The summed E-state index contributed by atoms with van der Waals surface area (Å²) >= 11 is 0. The van der Waals surface area contributed by atoms with Crippen molar-refractivity contribution in [2.24, 2.45) is 0 Å². The first-order chi connectivity index (χ1) is 17.7. The number of anilines is 2. The van der Waals surface area contributed by atoms with E-state index in [2.05, 4.69) is 97.3 Å². The van der Waals surface area contributed by atoms with E-state index in [0.29, 0.717) is 12.5 Å². The number of piperazine rings is 1. The maximum absolute atomic E-state index is 13.6. The number of aromatic amines is 1. The summed E-state index contributed by atoms with van der Waals surface area (Å²) in [6.45, 7) is 13.3. The van der Waals surface area contributed by atoms with E-state index in [1.165, 1.54) is 11.3 Å². The molecule has 2 aliphatic heterocycles. The van der Waals surface area contributed by atoms with Crippen LogP contribution in [0, 0.1) is 0 Å². The van der Waals surface area contributed by atoms with Gasteiger partial charge in [0, 0.05) is 60.1 Å². The molecular weight excluding hydrogens is 460 g/mol. The number of hydrogen-bond acceptors (Lipinski definition) is 5. The lowest BCUT2D eigenvalue weighted by molar-refractivity contribution is 0.313. The number of aromatic nitrogens is 3. The molecule has 0 radical (unpaired) electrons. The van der Waals surface area contributed by atoms with Gasteiger partial charge in [0.25, 0.3) is 5.56 Å². The third-order valence-electron chi connectivity index (χ3n) is 7.79. The van der Waals surface area contributed by atoms with E-state index in [1.54, 1.807) is 4.57 Å². The van der Waals surface area contributed by atoms with Gasteiger partial charge >= 0.3 is 0 Å². The van der Waals surface area contributed by atoms with Crippen molar-refractivity contribution < 1.29 is 0 Å². The molecule has 0 aliphatic carbocycles. The Hall–Kier alpha value is -3.58. The van der Waals surface area contributed by atoms with Crippen LogP contribution in [-0.2, 0) is 6.54 Å². The molecule has 7 nitrogen and oxygen atoms in total. The second kappa shape index (κ2) is 8.77. The summed E-state index contributed by atoms with van der Waals surface area (Å²) in [7, 11) is 2.18. The van der Waals surface area contributed by atoms with Crippen molar-refractivity contribution in [3.05, 3.63) is 64.6 Å². The number of H-pyrrole nitrogens is 1. The van der Waals surface area contributed by atoms with Gasteiger partial charge in [-0.3, -0.25) is 9.36 Å². The van der Waals surface area contributed by atoms with Crippen LogP contribution in [0.25, 0.3) is 33.3 Å². The Morgan fingerprint density at radius 2 is 1.68 bits per heavy atom. The van der Waals surface area contributed by atoms with Crippen molar-refractivity contribution >= 4 is 22.5 Å². The standard InChI is InChI=1S/C30H36N6O/c1-19(2)26-27(32-29-33-30(3,4)18-36(29)28(26)37)24-17-31-25-11-8-21(16-23(24)25)20-6-9-22(10-7-20)35-14-12-34(5)13-15-35/h6-11,16-17,19,31H,12-15,18H2,1-5H3,(H,32,33). The molecular formula is C30H36N6O. The maximum atomic E-state index is 13.6. The molecule has 1 fully saturated rings. The average molecular weight is 497 g/mol. The van der Waals surface area contributed by atoms with E-state index < -0.39 is 0 Å². The zero-order chi connectivity index (χ0) is 25.9.